The van der Waals surface area contributed by atoms with Crippen LogP contribution in [-0.2, 0) is 14.9 Å². The van der Waals surface area contributed by atoms with Gasteiger partial charge in [-0.2, -0.15) is 0 Å². The summed E-state index contributed by atoms with van der Waals surface area (Å²) in [5.41, 5.74) is 0. The number of methoxy groups -OCH3 is 1. The second-order valence-corrected chi connectivity index (χ2v) is 7.83. The summed E-state index contributed by atoms with van der Waals surface area (Å²) in [5.74, 6) is 0.406. The molecule has 0 aliphatic heterocycles. The van der Waals surface area contributed by atoms with Gasteiger partial charge in [0.1, 0.15) is 22.5 Å². The van der Waals surface area contributed by atoms with Crippen LogP contribution in [0.25, 0.3) is 0 Å². The van der Waals surface area contributed by atoms with Crippen LogP contribution in [0.5, 0.6) is 5.75 Å². The second-order valence-electron chi connectivity index (χ2n) is 3.11. The van der Waals surface area contributed by atoms with E-state index in [9.17, 15) is 13.0 Å². The summed E-state index contributed by atoms with van der Waals surface area (Å²) in [4.78, 5) is -0.225. The van der Waals surface area contributed by atoms with Crippen molar-refractivity contribution < 1.29 is 22.4 Å². The summed E-state index contributed by atoms with van der Waals surface area (Å²) < 4.78 is 45.4. The zero-order chi connectivity index (χ0) is 13.9. The molecule has 0 aliphatic rings. The Kier molecular flexibility index (Phi) is 6.85. The Morgan fingerprint density at radius 1 is 1.22 bits per heavy atom. The molecule has 1 rings (SSSR count). The minimum absolute atomic E-state index is 0.225. The van der Waals surface area contributed by atoms with Crippen LogP contribution in [0.2, 0.25) is 0 Å². The zero-order valence-electron chi connectivity index (χ0n) is 9.07. The standard InChI is InChI=1S/C9H9I3O5S/c1-16-2-3-17-8-5(10)4-6(11)9(7(8)12)18(13,14)15/h4H,2-3H2,1H3,(H,13,14,15)/p-1. The molecule has 0 aromatic heterocycles. The average molecular weight is 609 g/mol. The molecular weight excluding hydrogens is 601 g/mol. The molecule has 0 radical (unpaired) electrons. The number of hydrogen-bond donors (Lipinski definition) is 0. The molecule has 18 heavy (non-hydrogen) atoms. The summed E-state index contributed by atoms with van der Waals surface area (Å²) in [6, 6.07) is 1.61. The quantitative estimate of drug-likeness (QED) is 0.292. The van der Waals surface area contributed by atoms with E-state index in [2.05, 4.69) is 0 Å². The van der Waals surface area contributed by atoms with Gasteiger partial charge in [0.15, 0.2) is 0 Å². The smallest absolute Gasteiger partial charge is 0.147 e. The SMILES string of the molecule is COCCOc1c(I)cc(I)c(S(=O)(=O)[O-])c1I. The molecule has 0 N–H and O–H groups in total. The summed E-state index contributed by atoms with van der Waals surface area (Å²) in [6.45, 7) is 0.680. The van der Waals surface area contributed by atoms with Crippen molar-refractivity contribution in [2.45, 2.75) is 4.90 Å². The minimum Gasteiger partial charge on any atom is -0.744 e. The normalized spacial score (nSPS) is 11.6. The molecule has 9 heteroatoms. The molecule has 0 saturated carbocycles. The third kappa shape index (κ3) is 4.29. The van der Waals surface area contributed by atoms with E-state index >= 15 is 0 Å². The van der Waals surface area contributed by atoms with Gasteiger partial charge in [-0.05, 0) is 73.8 Å². The highest BCUT2D eigenvalue weighted by molar-refractivity contribution is 14.1. The molecule has 0 aliphatic carbocycles. The molecule has 5 nitrogen and oxygen atoms in total. The predicted octanol–water partition coefficient (Wildman–Crippen LogP) is 2.43. The van der Waals surface area contributed by atoms with E-state index < -0.39 is 10.1 Å². The zero-order valence-corrected chi connectivity index (χ0v) is 16.4. The summed E-state index contributed by atoms with van der Waals surface area (Å²) in [7, 11) is -2.97. The minimum atomic E-state index is -4.51. The van der Waals surface area contributed by atoms with Gasteiger partial charge in [-0.3, -0.25) is 0 Å². The topological polar surface area (TPSA) is 75.7 Å². The molecule has 0 heterocycles. The molecule has 0 spiro atoms. The average Bonchev–Trinajstić information content (AvgIpc) is 2.20. The lowest BCUT2D eigenvalue weighted by Crippen LogP contribution is -2.11. The molecule has 0 amide bonds. The number of hydrogen-bond acceptors (Lipinski definition) is 5. The first-order chi connectivity index (χ1) is 8.29. The van der Waals surface area contributed by atoms with Gasteiger partial charge in [-0.25, -0.2) is 8.42 Å². The van der Waals surface area contributed by atoms with Crippen molar-refractivity contribution in [1.29, 1.82) is 0 Å². The van der Waals surface area contributed by atoms with E-state index in [4.69, 9.17) is 9.47 Å². The summed E-state index contributed by atoms with van der Waals surface area (Å²) >= 11 is 5.68. The molecule has 0 fully saturated rings. The van der Waals surface area contributed by atoms with Crippen molar-refractivity contribution in [3.8, 4) is 5.75 Å². The number of halogens is 3. The molecule has 102 valence electrons. The van der Waals surface area contributed by atoms with Crippen molar-refractivity contribution in [2.24, 2.45) is 0 Å². The van der Waals surface area contributed by atoms with Crippen LogP contribution in [0.1, 0.15) is 0 Å². The van der Waals surface area contributed by atoms with Crippen molar-refractivity contribution in [3.05, 3.63) is 16.8 Å². The fourth-order valence-corrected chi connectivity index (χ4v) is 7.05. The van der Waals surface area contributed by atoms with Gasteiger partial charge in [0.2, 0.25) is 0 Å². The van der Waals surface area contributed by atoms with Gasteiger partial charge in [0, 0.05) is 10.7 Å². The van der Waals surface area contributed by atoms with Crippen molar-refractivity contribution in [1.82, 2.24) is 0 Å². The lowest BCUT2D eigenvalue weighted by Gasteiger charge is -2.17. The van der Waals surface area contributed by atoms with Gasteiger partial charge >= 0.3 is 0 Å². The first kappa shape index (κ1) is 17.1. The lowest BCUT2D eigenvalue weighted by atomic mass is 10.3. The Morgan fingerprint density at radius 2 is 1.83 bits per heavy atom. The predicted molar refractivity (Wildman–Crippen MR) is 89.9 cm³/mol. The van der Waals surface area contributed by atoms with Gasteiger partial charge in [0.25, 0.3) is 0 Å². The second kappa shape index (κ2) is 7.19. The molecule has 0 atom stereocenters. The Labute approximate surface area is 146 Å². The van der Waals surface area contributed by atoms with Crippen molar-refractivity contribution >= 4 is 77.9 Å². The Hall–Kier alpha value is 1.08. The van der Waals surface area contributed by atoms with Crippen molar-refractivity contribution in [3.63, 3.8) is 0 Å². The van der Waals surface area contributed by atoms with E-state index in [0.29, 0.717) is 26.1 Å². The first-order valence-corrected chi connectivity index (χ1v) is 9.18. The van der Waals surface area contributed by atoms with E-state index in [-0.39, 0.29) is 4.90 Å². The van der Waals surface area contributed by atoms with Crippen LogP contribution in [0.3, 0.4) is 0 Å². The van der Waals surface area contributed by atoms with Crippen LogP contribution in [-0.4, -0.2) is 33.3 Å². The van der Waals surface area contributed by atoms with Gasteiger partial charge in [0.05, 0.1) is 18.6 Å². The molecule has 0 bridgehead atoms. The molecule has 1 aromatic carbocycles. The van der Waals surface area contributed by atoms with Crippen LogP contribution in [0.15, 0.2) is 11.0 Å². The maximum Gasteiger partial charge on any atom is 0.147 e. The van der Waals surface area contributed by atoms with Crippen LogP contribution in [0.4, 0.5) is 0 Å². The summed E-state index contributed by atoms with van der Waals surface area (Å²) in [5, 5.41) is 0. The monoisotopic (exact) mass is 609 g/mol. The first-order valence-electron chi connectivity index (χ1n) is 4.54. The molecular formula is C9H8I3O5S-. The maximum absolute atomic E-state index is 11.2. The fourth-order valence-electron chi connectivity index (χ4n) is 1.14. The highest BCUT2D eigenvalue weighted by Crippen LogP contribution is 2.35. The third-order valence-electron chi connectivity index (χ3n) is 1.87. The molecule has 0 unspecified atom stereocenters. The van der Waals surface area contributed by atoms with Crippen LogP contribution < -0.4 is 4.74 Å². The van der Waals surface area contributed by atoms with E-state index in [1.165, 1.54) is 0 Å². The summed E-state index contributed by atoms with van der Waals surface area (Å²) in [6.07, 6.45) is 0. The fraction of sp³-hybridized carbons (Fsp3) is 0.333. The highest BCUT2D eigenvalue weighted by Gasteiger charge is 2.19. The van der Waals surface area contributed by atoms with Gasteiger partial charge in [-0.15, -0.1) is 0 Å². The van der Waals surface area contributed by atoms with E-state index in [1.54, 1.807) is 13.2 Å². The Morgan fingerprint density at radius 3 is 2.33 bits per heavy atom. The van der Waals surface area contributed by atoms with Crippen molar-refractivity contribution in [2.75, 3.05) is 20.3 Å². The van der Waals surface area contributed by atoms with Gasteiger partial charge in [-0.1, -0.05) is 0 Å². The van der Waals surface area contributed by atoms with E-state index in [0.717, 1.165) is 3.57 Å². The molecule has 0 saturated heterocycles. The lowest BCUT2D eigenvalue weighted by molar-refractivity contribution is 0.145. The van der Waals surface area contributed by atoms with Crippen LogP contribution >= 0.6 is 67.8 Å². The number of rotatable bonds is 5. The maximum atomic E-state index is 11.2. The highest BCUT2D eigenvalue weighted by atomic mass is 127. The largest absolute Gasteiger partial charge is 0.744 e. The Bertz CT molecular complexity index is 544. The number of benzene rings is 1. The number of ether oxygens (including phenoxy) is 2. The van der Waals surface area contributed by atoms with E-state index in [1.807, 2.05) is 67.8 Å². The third-order valence-corrected chi connectivity index (χ3v) is 6.21. The van der Waals surface area contributed by atoms with Gasteiger partial charge < -0.3 is 14.0 Å². The Balaban J connectivity index is 3.28. The van der Waals surface area contributed by atoms with Crippen LogP contribution in [0, 0.1) is 10.7 Å². The molecule has 1 aromatic rings.